The van der Waals surface area contributed by atoms with Crippen molar-refractivity contribution in [2.45, 2.75) is 33.6 Å². The van der Waals surface area contributed by atoms with Crippen molar-refractivity contribution in [1.29, 1.82) is 0 Å². The van der Waals surface area contributed by atoms with E-state index in [1.54, 1.807) is 0 Å². The number of carbonyl (C=O) groups excluding carboxylic acids is 2. The molecule has 2 amide bonds. The lowest BCUT2D eigenvalue weighted by Crippen LogP contribution is -2.43. The molecule has 0 aliphatic heterocycles. The summed E-state index contributed by atoms with van der Waals surface area (Å²) in [5.41, 5.74) is 1.83. The highest BCUT2D eigenvalue weighted by atomic mass is 16.2. The monoisotopic (exact) mass is 262 g/mol. The van der Waals surface area contributed by atoms with E-state index in [4.69, 9.17) is 0 Å². The van der Waals surface area contributed by atoms with Crippen molar-refractivity contribution in [3.05, 3.63) is 29.8 Å². The quantitative estimate of drug-likeness (QED) is 0.653. The Kier molecular flexibility index (Phi) is 6.06. The van der Waals surface area contributed by atoms with Gasteiger partial charge in [0.1, 0.15) is 0 Å². The summed E-state index contributed by atoms with van der Waals surface area (Å²) in [6.45, 7) is 6.89. The SMILES string of the molecule is CCCCNC(=O)C(=O)N(CC)c1cccc(C)c1. The summed E-state index contributed by atoms with van der Waals surface area (Å²) in [5.74, 6) is -1.03. The van der Waals surface area contributed by atoms with Gasteiger partial charge in [0.25, 0.3) is 0 Å². The third-order valence-corrected chi connectivity index (χ3v) is 2.88. The number of rotatable bonds is 5. The molecule has 0 aliphatic carbocycles. The van der Waals surface area contributed by atoms with Gasteiger partial charge in [0.15, 0.2) is 0 Å². The van der Waals surface area contributed by atoms with E-state index in [0.717, 1.165) is 24.1 Å². The van der Waals surface area contributed by atoms with E-state index in [9.17, 15) is 9.59 Å². The molecule has 104 valence electrons. The smallest absolute Gasteiger partial charge is 0.316 e. The largest absolute Gasteiger partial charge is 0.348 e. The summed E-state index contributed by atoms with van der Waals surface area (Å²) in [5, 5.41) is 2.65. The lowest BCUT2D eigenvalue weighted by molar-refractivity contribution is -0.137. The predicted octanol–water partition coefficient (Wildman–Crippen LogP) is 2.26. The zero-order valence-electron chi connectivity index (χ0n) is 11.9. The van der Waals surface area contributed by atoms with Crippen molar-refractivity contribution in [1.82, 2.24) is 5.32 Å². The molecule has 1 aromatic carbocycles. The number of benzene rings is 1. The van der Waals surface area contributed by atoms with Gasteiger partial charge in [-0.3, -0.25) is 9.59 Å². The number of anilines is 1. The molecule has 0 heterocycles. The molecule has 1 N–H and O–H groups in total. The van der Waals surface area contributed by atoms with Crippen molar-refractivity contribution in [3.8, 4) is 0 Å². The number of amides is 2. The van der Waals surface area contributed by atoms with E-state index < -0.39 is 11.8 Å². The molecule has 0 spiro atoms. The van der Waals surface area contributed by atoms with Gasteiger partial charge < -0.3 is 10.2 Å². The maximum Gasteiger partial charge on any atom is 0.316 e. The zero-order chi connectivity index (χ0) is 14.3. The van der Waals surface area contributed by atoms with E-state index in [1.165, 1.54) is 4.90 Å². The summed E-state index contributed by atoms with van der Waals surface area (Å²) in [6.07, 6.45) is 1.87. The minimum Gasteiger partial charge on any atom is -0.348 e. The normalized spacial score (nSPS) is 10.1. The molecule has 4 nitrogen and oxygen atoms in total. The maximum absolute atomic E-state index is 12.1. The number of nitrogens with one attached hydrogen (secondary N) is 1. The molecule has 0 saturated heterocycles. The number of aryl methyl sites for hydroxylation is 1. The third-order valence-electron chi connectivity index (χ3n) is 2.88. The molecule has 0 unspecified atom stereocenters. The van der Waals surface area contributed by atoms with Crippen LogP contribution in [0.4, 0.5) is 5.69 Å². The number of nitrogens with zero attached hydrogens (tertiary/aromatic N) is 1. The van der Waals surface area contributed by atoms with Crippen molar-refractivity contribution in [3.63, 3.8) is 0 Å². The zero-order valence-corrected chi connectivity index (χ0v) is 11.9. The van der Waals surface area contributed by atoms with Gasteiger partial charge in [-0.2, -0.15) is 0 Å². The number of carbonyl (C=O) groups is 2. The Morgan fingerprint density at radius 3 is 2.58 bits per heavy atom. The van der Waals surface area contributed by atoms with Gasteiger partial charge in [-0.15, -0.1) is 0 Å². The second-order valence-corrected chi connectivity index (χ2v) is 4.50. The Morgan fingerprint density at radius 2 is 2.00 bits per heavy atom. The second kappa shape index (κ2) is 7.56. The molecule has 0 bridgehead atoms. The number of unbranched alkanes of at least 4 members (excludes halogenated alkanes) is 1. The average molecular weight is 262 g/mol. The van der Waals surface area contributed by atoms with Gasteiger partial charge >= 0.3 is 11.8 Å². The van der Waals surface area contributed by atoms with E-state index in [0.29, 0.717) is 13.1 Å². The highest BCUT2D eigenvalue weighted by Gasteiger charge is 2.21. The molecular weight excluding hydrogens is 240 g/mol. The minimum absolute atomic E-state index is 0.476. The molecule has 1 aromatic rings. The van der Waals surface area contributed by atoms with Gasteiger partial charge in [0.05, 0.1) is 0 Å². The van der Waals surface area contributed by atoms with E-state index in [1.807, 2.05) is 45.0 Å². The number of likely N-dealkylation sites (N-methyl/N-ethyl adjacent to an activating group) is 1. The Balaban J connectivity index is 2.74. The predicted molar refractivity (Wildman–Crippen MR) is 77.1 cm³/mol. The van der Waals surface area contributed by atoms with Crippen molar-refractivity contribution >= 4 is 17.5 Å². The number of hydrogen-bond acceptors (Lipinski definition) is 2. The lowest BCUT2D eigenvalue weighted by atomic mass is 10.2. The lowest BCUT2D eigenvalue weighted by Gasteiger charge is -2.20. The molecule has 4 heteroatoms. The first-order valence-corrected chi connectivity index (χ1v) is 6.76. The maximum atomic E-state index is 12.1. The van der Waals surface area contributed by atoms with Crippen LogP contribution in [0.2, 0.25) is 0 Å². The summed E-state index contributed by atoms with van der Waals surface area (Å²) >= 11 is 0. The first-order chi connectivity index (χ1) is 9.10. The van der Waals surface area contributed by atoms with Crippen molar-refractivity contribution in [2.75, 3.05) is 18.0 Å². The van der Waals surface area contributed by atoms with Crippen molar-refractivity contribution in [2.24, 2.45) is 0 Å². The van der Waals surface area contributed by atoms with Gasteiger partial charge in [0.2, 0.25) is 0 Å². The molecule has 0 atom stereocenters. The summed E-state index contributed by atoms with van der Waals surface area (Å²) < 4.78 is 0. The Hall–Kier alpha value is -1.84. The summed E-state index contributed by atoms with van der Waals surface area (Å²) in [7, 11) is 0. The van der Waals surface area contributed by atoms with Crippen LogP contribution in [-0.2, 0) is 9.59 Å². The standard InChI is InChI=1S/C15H22N2O2/c1-4-6-10-16-14(18)15(19)17(5-2)13-9-7-8-12(3)11-13/h7-9,11H,4-6,10H2,1-3H3,(H,16,18). The fraction of sp³-hybridized carbons (Fsp3) is 0.467. The van der Waals surface area contributed by atoms with Crippen LogP contribution in [0.25, 0.3) is 0 Å². The second-order valence-electron chi connectivity index (χ2n) is 4.50. The minimum atomic E-state index is -0.531. The van der Waals surface area contributed by atoms with Crippen LogP contribution in [0.15, 0.2) is 24.3 Å². The number of hydrogen-bond donors (Lipinski definition) is 1. The molecule has 19 heavy (non-hydrogen) atoms. The first-order valence-electron chi connectivity index (χ1n) is 6.76. The van der Waals surface area contributed by atoms with Crippen molar-refractivity contribution < 1.29 is 9.59 Å². The van der Waals surface area contributed by atoms with Gasteiger partial charge in [-0.25, -0.2) is 0 Å². The first kappa shape index (κ1) is 15.2. The Morgan fingerprint density at radius 1 is 1.26 bits per heavy atom. The van der Waals surface area contributed by atoms with E-state index in [2.05, 4.69) is 5.32 Å². The highest BCUT2D eigenvalue weighted by molar-refractivity contribution is 6.40. The topological polar surface area (TPSA) is 49.4 Å². The molecular formula is C15H22N2O2. The van der Waals surface area contributed by atoms with E-state index in [-0.39, 0.29) is 0 Å². The van der Waals surface area contributed by atoms with Crippen LogP contribution in [0.3, 0.4) is 0 Å². The summed E-state index contributed by atoms with van der Waals surface area (Å²) in [6, 6.07) is 7.59. The van der Waals surface area contributed by atoms with Crippen LogP contribution < -0.4 is 10.2 Å². The van der Waals surface area contributed by atoms with Gasteiger partial charge in [-0.1, -0.05) is 25.5 Å². The molecule has 0 aliphatic rings. The van der Waals surface area contributed by atoms with Crippen LogP contribution in [0.5, 0.6) is 0 Å². The van der Waals surface area contributed by atoms with Crippen LogP contribution in [0.1, 0.15) is 32.3 Å². The molecule has 1 rings (SSSR count). The van der Waals surface area contributed by atoms with Gasteiger partial charge in [0, 0.05) is 18.8 Å². The molecule has 0 fully saturated rings. The van der Waals surface area contributed by atoms with Crippen LogP contribution in [0, 0.1) is 6.92 Å². The highest BCUT2D eigenvalue weighted by Crippen LogP contribution is 2.15. The Bertz CT molecular complexity index is 444. The van der Waals surface area contributed by atoms with Crippen LogP contribution >= 0.6 is 0 Å². The molecule has 0 saturated carbocycles. The molecule has 0 radical (unpaired) electrons. The van der Waals surface area contributed by atoms with E-state index >= 15 is 0 Å². The fourth-order valence-corrected chi connectivity index (χ4v) is 1.82. The fourth-order valence-electron chi connectivity index (χ4n) is 1.82. The van der Waals surface area contributed by atoms with Gasteiger partial charge in [-0.05, 0) is 38.0 Å². The Labute approximate surface area is 114 Å². The molecule has 0 aromatic heterocycles. The average Bonchev–Trinajstić information content (AvgIpc) is 2.39. The third kappa shape index (κ3) is 4.39. The summed E-state index contributed by atoms with van der Waals surface area (Å²) in [4.78, 5) is 25.4. The van der Waals surface area contributed by atoms with Crippen LogP contribution in [-0.4, -0.2) is 24.9 Å².